The van der Waals surface area contributed by atoms with Gasteiger partial charge in [0.25, 0.3) is 0 Å². The predicted molar refractivity (Wildman–Crippen MR) is 61.6 cm³/mol. The normalized spacial score (nSPS) is 9.29. The molecule has 0 atom stereocenters. The van der Waals surface area contributed by atoms with Gasteiger partial charge in [0, 0.05) is 10.6 Å². The first-order chi connectivity index (χ1) is 6.24. The van der Waals surface area contributed by atoms with E-state index in [1.807, 2.05) is 6.92 Å². The van der Waals surface area contributed by atoms with Crippen LogP contribution in [-0.2, 0) is 0 Å². The van der Waals surface area contributed by atoms with Crippen LogP contribution in [-0.4, -0.2) is 18.9 Å². The zero-order valence-corrected chi connectivity index (χ0v) is 9.49. The second-order valence-electron chi connectivity index (χ2n) is 2.71. The Labute approximate surface area is 95.1 Å². The molecule has 0 unspecified atom stereocenters. The lowest BCUT2D eigenvalue weighted by Crippen LogP contribution is -2.22. The molecular formula is C10H13Cl2NO. The van der Waals surface area contributed by atoms with Crippen LogP contribution in [0.3, 0.4) is 0 Å². The van der Waals surface area contributed by atoms with Crippen LogP contribution >= 0.6 is 24.0 Å². The Kier molecular flexibility index (Phi) is 6.54. The van der Waals surface area contributed by atoms with E-state index in [0.29, 0.717) is 17.1 Å². The number of nitrogens with one attached hydrogen (secondary N) is 1. The van der Waals surface area contributed by atoms with E-state index in [1.54, 1.807) is 24.3 Å². The molecule has 0 heterocycles. The Morgan fingerprint density at radius 2 is 1.93 bits per heavy atom. The summed E-state index contributed by atoms with van der Waals surface area (Å²) in [5.74, 6) is 0.0958. The smallest absolute Gasteiger partial charge is 0.176 e. The molecule has 2 nitrogen and oxygen atoms in total. The number of hydrogen-bond donors (Lipinski definition) is 1. The van der Waals surface area contributed by atoms with Gasteiger partial charge in [0.05, 0.1) is 6.54 Å². The molecule has 0 spiro atoms. The Hall–Kier alpha value is -0.570. The number of carbonyl (C=O) groups excluding carboxylic acids is 1. The molecule has 0 saturated carbocycles. The minimum atomic E-state index is 0. The monoisotopic (exact) mass is 233 g/mol. The lowest BCUT2D eigenvalue weighted by Gasteiger charge is -2.00. The lowest BCUT2D eigenvalue weighted by molar-refractivity contribution is 0.0992. The average molecular weight is 234 g/mol. The number of benzene rings is 1. The van der Waals surface area contributed by atoms with E-state index in [-0.39, 0.29) is 18.2 Å². The highest BCUT2D eigenvalue weighted by Crippen LogP contribution is 2.09. The highest BCUT2D eigenvalue weighted by molar-refractivity contribution is 6.30. The molecule has 1 aromatic carbocycles. The average Bonchev–Trinajstić information content (AvgIpc) is 2.15. The van der Waals surface area contributed by atoms with Crippen LogP contribution in [0, 0.1) is 0 Å². The van der Waals surface area contributed by atoms with E-state index in [1.165, 1.54) is 0 Å². The largest absolute Gasteiger partial charge is 0.310 e. The molecule has 1 N–H and O–H groups in total. The standard InChI is InChI=1S/C10H12ClNO.ClH/c1-2-12-7-10(13)8-3-5-9(11)6-4-8;/h3-6,12H,2,7H2,1H3;1H. The fraction of sp³-hybridized carbons (Fsp3) is 0.300. The van der Waals surface area contributed by atoms with Gasteiger partial charge in [0.15, 0.2) is 5.78 Å². The Morgan fingerprint density at radius 1 is 1.36 bits per heavy atom. The van der Waals surface area contributed by atoms with Crippen molar-refractivity contribution in [2.45, 2.75) is 6.92 Å². The van der Waals surface area contributed by atoms with E-state index in [0.717, 1.165) is 6.54 Å². The summed E-state index contributed by atoms with van der Waals surface area (Å²) in [4.78, 5) is 11.4. The van der Waals surface area contributed by atoms with E-state index >= 15 is 0 Å². The van der Waals surface area contributed by atoms with Crippen LogP contribution in [0.15, 0.2) is 24.3 Å². The van der Waals surface area contributed by atoms with Crippen LogP contribution in [0.5, 0.6) is 0 Å². The van der Waals surface area contributed by atoms with Crippen molar-refractivity contribution in [3.05, 3.63) is 34.9 Å². The third-order valence-electron chi connectivity index (χ3n) is 1.70. The van der Waals surface area contributed by atoms with Crippen LogP contribution in [0.2, 0.25) is 5.02 Å². The molecule has 0 aromatic heterocycles. The summed E-state index contributed by atoms with van der Waals surface area (Å²) < 4.78 is 0. The molecule has 1 aromatic rings. The summed E-state index contributed by atoms with van der Waals surface area (Å²) in [6.45, 7) is 3.16. The molecule has 0 bridgehead atoms. The maximum atomic E-state index is 11.4. The van der Waals surface area contributed by atoms with Gasteiger partial charge in [0.1, 0.15) is 0 Å². The minimum absolute atomic E-state index is 0. The van der Waals surface area contributed by atoms with Gasteiger partial charge >= 0.3 is 0 Å². The molecule has 0 fully saturated rings. The van der Waals surface area contributed by atoms with Gasteiger partial charge in [-0.05, 0) is 30.8 Å². The molecule has 0 amide bonds. The number of hydrogen-bond acceptors (Lipinski definition) is 2. The predicted octanol–water partition coefficient (Wildman–Crippen LogP) is 2.55. The molecule has 78 valence electrons. The summed E-state index contributed by atoms with van der Waals surface area (Å²) in [5, 5.41) is 3.63. The first kappa shape index (κ1) is 13.4. The third kappa shape index (κ3) is 4.09. The van der Waals surface area contributed by atoms with E-state index in [2.05, 4.69) is 5.32 Å². The van der Waals surface area contributed by atoms with Gasteiger partial charge in [-0.3, -0.25) is 4.79 Å². The molecule has 0 aliphatic heterocycles. The molecule has 0 radical (unpaired) electrons. The van der Waals surface area contributed by atoms with Crippen molar-refractivity contribution < 1.29 is 4.79 Å². The quantitative estimate of drug-likeness (QED) is 0.811. The van der Waals surface area contributed by atoms with Gasteiger partial charge in [-0.25, -0.2) is 0 Å². The molecule has 4 heteroatoms. The van der Waals surface area contributed by atoms with Crippen molar-refractivity contribution in [1.29, 1.82) is 0 Å². The molecule has 0 aliphatic rings. The molecule has 1 rings (SSSR count). The van der Waals surface area contributed by atoms with E-state index in [4.69, 9.17) is 11.6 Å². The number of likely N-dealkylation sites (N-methyl/N-ethyl adjacent to an activating group) is 1. The minimum Gasteiger partial charge on any atom is -0.310 e. The van der Waals surface area contributed by atoms with Crippen LogP contribution in [0.1, 0.15) is 17.3 Å². The second-order valence-corrected chi connectivity index (χ2v) is 3.15. The number of rotatable bonds is 4. The topological polar surface area (TPSA) is 29.1 Å². The Balaban J connectivity index is 0.00000169. The van der Waals surface area contributed by atoms with Crippen LogP contribution in [0.25, 0.3) is 0 Å². The van der Waals surface area contributed by atoms with Crippen LogP contribution < -0.4 is 5.32 Å². The number of Topliss-reactive ketones (excluding diaryl/α,β-unsaturated/α-hetero) is 1. The zero-order chi connectivity index (χ0) is 9.68. The van der Waals surface area contributed by atoms with Gasteiger partial charge < -0.3 is 5.32 Å². The molecule has 0 saturated heterocycles. The first-order valence-electron chi connectivity index (χ1n) is 4.23. The number of carbonyl (C=O) groups is 1. The van der Waals surface area contributed by atoms with Crippen molar-refractivity contribution >= 4 is 29.8 Å². The van der Waals surface area contributed by atoms with Gasteiger partial charge in [-0.1, -0.05) is 18.5 Å². The molecule has 0 aliphatic carbocycles. The van der Waals surface area contributed by atoms with Gasteiger partial charge in [-0.15, -0.1) is 12.4 Å². The van der Waals surface area contributed by atoms with E-state index in [9.17, 15) is 4.79 Å². The summed E-state index contributed by atoms with van der Waals surface area (Å²) in [5.41, 5.74) is 0.699. The number of ketones is 1. The Bertz CT molecular complexity index is 285. The molecular weight excluding hydrogens is 221 g/mol. The van der Waals surface area contributed by atoms with Crippen LogP contribution in [0.4, 0.5) is 0 Å². The third-order valence-corrected chi connectivity index (χ3v) is 1.95. The summed E-state index contributed by atoms with van der Waals surface area (Å²) in [6, 6.07) is 6.92. The van der Waals surface area contributed by atoms with Gasteiger partial charge in [0.2, 0.25) is 0 Å². The number of halogens is 2. The van der Waals surface area contributed by atoms with Crippen molar-refractivity contribution in [2.75, 3.05) is 13.1 Å². The second kappa shape index (κ2) is 6.82. The summed E-state index contributed by atoms with van der Waals surface area (Å²) in [7, 11) is 0. The first-order valence-corrected chi connectivity index (χ1v) is 4.61. The van der Waals surface area contributed by atoms with Crippen molar-refractivity contribution in [1.82, 2.24) is 5.32 Å². The zero-order valence-electron chi connectivity index (χ0n) is 7.92. The maximum absolute atomic E-state index is 11.4. The van der Waals surface area contributed by atoms with Crippen molar-refractivity contribution in [3.8, 4) is 0 Å². The van der Waals surface area contributed by atoms with Crippen molar-refractivity contribution in [2.24, 2.45) is 0 Å². The lowest BCUT2D eigenvalue weighted by atomic mass is 10.1. The maximum Gasteiger partial charge on any atom is 0.176 e. The molecule has 14 heavy (non-hydrogen) atoms. The van der Waals surface area contributed by atoms with E-state index < -0.39 is 0 Å². The highest BCUT2D eigenvalue weighted by atomic mass is 35.5. The van der Waals surface area contributed by atoms with Crippen molar-refractivity contribution in [3.63, 3.8) is 0 Å². The SMILES string of the molecule is CCNCC(=O)c1ccc(Cl)cc1.Cl. The van der Waals surface area contributed by atoms with Gasteiger partial charge in [-0.2, -0.15) is 0 Å². The Morgan fingerprint density at radius 3 is 2.43 bits per heavy atom. The summed E-state index contributed by atoms with van der Waals surface area (Å²) >= 11 is 5.69. The summed E-state index contributed by atoms with van der Waals surface area (Å²) in [6.07, 6.45) is 0. The fourth-order valence-electron chi connectivity index (χ4n) is 0.976. The fourth-order valence-corrected chi connectivity index (χ4v) is 1.10. The highest BCUT2D eigenvalue weighted by Gasteiger charge is 2.03.